The Hall–Kier alpha value is -1.03. The van der Waals surface area contributed by atoms with Gasteiger partial charge in [0.15, 0.2) is 0 Å². The van der Waals surface area contributed by atoms with E-state index in [0.29, 0.717) is 0 Å². The molecule has 1 aliphatic heterocycles. The molecule has 0 amide bonds. The number of nitrogens with one attached hydrogen (secondary N) is 1. The van der Waals surface area contributed by atoms with Gasteiger partial charge in [0.05, 0.1) is 5.69 Å². The summed E-state index contributed by atoms with van der Waals surface area (Å²) in [7, 11) is 0. The Labute approximate surface area is 110 Å². The van der Waals surface area contributed by atoms with Gasteiger partial charge in [0.2, 0.25) is 5.95 Å². The van der Waals surface area contributed by atoms with Gasteiger partial charge in [0.25, 0.3) is 0 Å². The molecule has 0 saturated carbocycles. The molecule has 0 atom stereocenters. The number of aryl methyl sites for hydroxylation is 2. The van der Waals surface area contributed by atoms with Crippen LogP contribution in [0.1, 0.15) is 32.4 Å². The molecular formula is C14H26N4. The summed E-state index contributed by atoms with van der Waals surface area (Å²) in [5, 5.41) is 3.46. The lowest BCUT2D eigenvalue weighted by atomic mass is 9.97. The number of aromatic nitrogens is 2. The van der Waals surface area contributed by atoms with E-state index < -0.39 is 0 Å². The summed E-state index contributed by atoms with van der Waals surface area (Å²) in [6, 6.07) is 0. The number of rotatable bonds is 5. The first-order chi connectivity index (χ1) is 8.74. The Kier molecular flexibility index (Phi) is 4.64. The van der Waals surface area contributed by atoms with Crippen LogP contribution in [0.2, 0.25) is 0 Å². The van der Waals surface area contributed by atoms with Crippen LogP contribution in [0.4, 0.5) is 5.95 Å². The highest BCUT2D eigenvalue weighted by atomic mass is 15.3. The first-order valence-electron chi connectivity index (χ1n) is 7.24. The van der Waals surface area contributed by atoms with Gasteiger partial charge < -0.3 is 14.8 Å². The van der Waals surface area contributed by atoms with Crippen LogP contribution in [0.3, 0.4) is 0 Å². The molecule has 18 heavy (non-hydrogen) atoms. The highest BCUT2D eigenvalue weighted by Gasteiger charge is 2.21. The molecule has 1 aromatic rings. The van der Waals surface area contributed by atoms with E-state index in [9.17, 15) is 0 Å². The second-order valence-corrected chi connectivity index (χ2v) is 5.21. The normalized spacial score (nSPS) is 17.4. The molecule has 4 heteroatoms. The highest BCUT2D eigenvalue weighted by molar-refractivity contribution is 5.34. The summed E-state index contributed by atoms with van der Waals surface area (Å²) in [6.45, 7) is 12.0. The van der Waals surface area contributed by atoms with Crippen molar-refractivity contribution in [3.63, 3.8) is 0 Å². The van der Waals surface area contributed by atoms with Crippen LogP contribution in [0.25, 0.3) is 0 Å². The standard InChI is InChI=1S/C14H26N4/c1-4-15-10-13-6-8-18(9-7-13)14-16-12(3)11-17(14)5-2/h11,13,15H,4-10H2,1-3H3. The minimum absolute atomic E-state index is 0.840. The van der Waals surface area contributed by atoms with Crippen molar-refractivity contribution in [2.45, 2.75) is 40.2 Å². The van der Waals surface area contributed by atoms with Crippen molar-refractivity contribution in [2.75, 3.05) is 31.1 Å². The molecule has 0 bridgehead atoms. The second-order valence-electron chi connectivity index (χ2n) is 5.21. The number of hydrogen-bond donors (Lipinski definition) is 1. The topological polar surface area (TPSA) is 33.1 Å². The third kappa shape index (κ3) is 3.05. The second kappa shape index (κ2) is 6.23. The quantitative estimate of drug-likeness (QED) is 0.868. The monoisotopic (exact) mass is 250 g/mol. The summed E-state index contributed by atoms with van der Waals surface area (Å²) in [5.74, 6) is 2.00. The van der Waals surface area contributed by atoms with Crippen molar-refractivity contribution >= 4 is 5.95 Å². The Morgan fingerprint density at radius 3 is 2.67 bits per heavy atom. The predicted octanol–water partition coefficient (Wildman–Crippen LogP) is 2.04. The van der Waals surface area contributed by atoms with Gasteiger partial charge in [-0.3, -0.25) is 0 Å². The lowest BCUT2D eigenvalue weighted by Gasteiger charge is -2.33. The lowest BCUT2D eigenvalue weighted by Crippen LogP contribution is -2.38. The highest BCUT2D eigenvalue weighted by Crippen LogP contribution is 2.22. The van der Waals surface area contributed by atoms with Crippen LogP contribution in [-0.2, 0) is 6.54 Å². The zero-order valence-electron chi connectivity index (χ0n) is 11.9. The van der Waals surface area contributed by atoms with Gasteiger partial charge in [-0.2, -0.15) is 0 Å². The van der Waals surface area contributed by atoms with Gasteiger partial charge in [-0.25, -0.2) is 4.98 Å². The van der Waals surface area contributed by atoms with Gasteiger partial charge >= 0.3 is 0 Å². The molecule has 1 N–H and O–H groups in total. The van der Waals surface area contributed by atoms with E-state index in [0.717, 1.165) is 43.7 Å². The van der Waals surface area contributed by atoms with Gasteiger partial charge in [-0.15, -0.1) is 0 Å². The van der Waals surface area contributed by atoms with Crippen molar-refractivity contribution in [1.82, 2.24) is 14.9 Å². The fourth-order valence-corrected chi connectivity index (χ4v) is 2.70. The molecule has 2 rings (SSSR count). The maximum atomic E-state index is 4.67. The Balaban J connectivity index is 1.92. The summed E-state index contributed by atoms with van der Waals surface area (Å²) in [4.78, 5) is 7.11. The van der Waals surface area contributed by atoms with Crippen LogP contribution in [-0.4, -0.2) is 35.7 Å². The fraction of sp³-hybridized carbons (Fsp3) is 0.786. The molecule has 1 aromatic heterocycles. The van der Waals surface area contributed by atoms with Crippen LogP contribution in [0.5, 0.6) is 0 Å². The molecule has 0 unspecified atom stereocenters. The third-order valence-electron chi connectivity index (χ3n) is 3.80. The molecule has 102 valence electrons. The van der Waals surface area contributed by atoms with E-state index in [4.69, 9.17) is 0 Å². The van der Waals surface area contributed by atoms with Gasteiger partial charge in [0.1, 0.15) is 0 Å². The number of anilines is 1. The summed E-state index contributed by atoms with van der Waals surface area (Å²) in [6.07, 6.45) is 4.71. The smallest absolute Gasteiger partial charge is 0.205 e. The molecule has 1 saturated heterocycles. The van der Waals surface area contributed by atoms with Crippen LogP contribution in [0.15, 0.2) is 6.20 Å². The first-order valence-corrected chi connectivity index (χ1v) is 7.24. The van der Waals surface area contributed by atoms with E-state index in [1.54, 1.807) is 0 Å². The van der Waals surface area contributed by atoms with E-state index in [1.165, 1.54) is 19.4 Å². The van der Waals surface area contributed by atoms with Crippen LogP contribution < -0.4 is 10.2 Å². The van der Waals surface area contributed by atoms with Crippen LogP contribution >= 0.6 is 0 Å². The summed E-state index contributed by atoms with van der Waals surface area (Å²) in [5.41, 5.74) is 1.13. The van der Waals surface area contributed by atoms with Crippen molar-refractivity contribution in [3.8, 4) is 0 Å². The largest absolute Gasteiger partial charge is 0.342 e. The molecule has 0 radical (unpaired) electrons. The van der Waals surface area contributed by atoms with E-state index in [-0.39, 0.29) is 0 Å². The fourth-order valence-electron chi connectivity index (χ4n) is 2.70. The molecule has 0 aliphatic carbocycles. The first kappa shape index (κ1) is 13.4. The average molecular weight is 250 g/mol. The molecular weight excluding hydrogens is 224 g/mol. The summed E-state index contributed by atoms with van der Waals surface area (Å²) >= 11 is 0. The molecule has 0 spiro atoms. The zero-order valence-corrected chi connectivity index (χ0v) is 11.9. The summed E-state index contributed by atoms with van der Waals surface area (Å²) < 4.78 is 2.26. The number of nitrogens with zero attached hydrogens (tertiary/aromatic N) is 3. The minimum atomic E-state index is 0.840. The zero-order chi connectivity index (χ0) is 13.0. The minimum Gasteiger partial charge on any atom is -0.342 e. The maximum absolute atomic E-state index is 4.67. The number of piperidine rings is 1. The predicted molar refractivity (Wildman–Crippen MR) is 76.1 cm³/mol. The van der Waals surface area contributed by atoms with Crippen molar-refractivity contribution in [2.24, 2.45) is 5.92 Å². The Morgan fingerprint density at radius 1 is 1.33 bits per heavy atom. The molecule has 0 aromatic carbocycles. The van der Waals surface area contributed by atoms with Crippen molar-refractivity contribution < 1.29 is 0 Å². The van der Waals surface area contributed by atoms with E-state index >= 15 is 0 Å². The number of imidazole rings is 1. The van der Waals surface area contributed by atoms with E-state index in [1.807, 2.05) is 0 Å². The molecule has 1 fully saturated rings. The van der Waals surface area contributed by atoms with Crippen LogP contribution in [0, 0.1) is 12.8 Å². The molecule has 1 aliphatic rings. The molecule has 2 heterocycles. The third-order valence-corrected chi connectivity index (χ3v) is 3.80. The Morgan fingerprint density at radius 2 is 2.06 bits per heavy atom. The Bertz CT molecular complexity index is 364. The maximum Gasteiger partial charge on any atom is 0.205 e. The lowest BCUT2D eigenvalue weighted by molar-refractivity contribution is 0.382. The molecule has 4 nitrogen and oxygen atoms in total. The SMILES string of the molecule is CCNCC1CCN(c2nc(C)cn2CC)CC1. The van der Waals surface area contributed by atoms with Gasteiger partial charge in [-0.05, 0) is 45.7 Å². The average Bonchev–Trinajstić information content (AvgIpc) is 2.78. The van der Waals surface area contributed by atoms with Crippen molar-refractivity contribution in [1.29, 1.82) is 0 Å². The van der Waals surface area contributed by atoms with Gasteiger partial charge in [-0.1, -0.05) is 6.92 Å². The number of hydrogen-bond acceptors (Lipinski definition) is 3. The van der Waals surface area contributed by atoms with Gasteiger partial charge in [0, 0.05) is 25.8 Å². The van der Waals surface area contributed by atoms with E-state index in [2.05, 4.69) is 46.7 Å². The van der Waals surface area contributed by atoms with Crippen molar-refractivity contribution in [3.05, 3.63) is 11.9 Å².